The number of nitriles is 1. The van der Waals surface area contributed by atoms with Crippen molar-refractivity contribution in [3.05, 3.63) is 77.9 Å². The average Bonchev–Trinajstić information content (AvgIpc) is 2.42. The third-order valence-electron chi connectivity index (χ3n) is 2.58. The number of allylic oxidation sites excluding steroid dienone is 1. The van der Waals surface area contributed by atoms with Crippen LogP contribution in [-0.2, 0) is 0 Å². The minimum atomic E-state index is -0.184. The summed E-state index contributed by atoms with van der Waals surface area (Å²) in [7, 11) is 0. The maximum absolute atomic E-state index is 9.16. The monoisotopic (exact) mass is 219 g/mol. The molecular weight excluding hydrogens is 206 g/mol. The van der Waals surface area contributed by atoms with E-state index in [1.54, 1.807) is 0 Å². The van der Waals surface area contributed by atoms with Crippen molar-refractivity contribution in [2.75, 3.05) is 0 Å². The molecule has 1 unspecified atom stereocenters. The molecule has 1 nitrogen and oxygen atoms in total. The zero-order valence-electron chi connectivity index (χ0n) is 9.45. The molecule has 0 saturated carbocycles. The SMILES string of the molecule is N#CC(/C=C/c1ccccc1)c1ccccc1. The van der Waals surface area contributed by atoms with Crippen LogP contribution >= 0.6 is 0 Å². The summed E-state index contributed by atoms with van der Waals surface area (Å²) in [5.41, 5.74) is 2.14. The van der Waals surface area contributed by atoms with Gasteiger partial charge in [0.05, 0.1) is 12.0 Å². The highest BCUT2D eigenvalue weighted by atomic mass is 14.3. The molecule has 0 heterocycles. The highest BCUT2D eigenvalue weighted by molar-refractivity contribution is 5.51. The Morgan fingerprint density at radius 2 is 1.47 bits per heavy atom. The smallest absolute Gasteiger partial charge is 0.0896 e. The summed E-state index contributed by atoms with van der Waals surface area (Å²) in [6.07, 6.45) is 3.92. The molecule has 0 fully saturated rings. The first-order valence-electron chi connectivity index (χ1n) is 5.58. The molecule has 0 N–H and O–H groups in total. The van der Waals surface area contributed by atoms with Crippen LogP contribution in [0.1, 0.15) is 17.0 Å². The summed E-state index contributed by atoms with van der Waals surface area (Å²) in [5.74, 6) is -0.184. The standard InChI is InChI=1S/C16H13N/c17-13-16(15-9-5-2-6-10-15)12-11-14-7-3-1-4-8-14/h1-12,16H/b12-11+. The molecule has 0 aliphatic carbocycles. The summed E-state index contributed by atoms with van der Waals surface area (Å²) in [5, 5.41) is 9.16. The van der Waals surface area contributed by atoms with Gasteiger partial charge in [-0.15, -0.1) is 0 Å². The first-order chi connectivity index (χ1) is 8.40. The van der Waals surface area contributed by atoms with Gasteiger partial charge >= 0.3 is 0 Å². The lowest BCUT2D eigenvalue weighted by atomic mass is 9.99. The second kappa shape index (κ2) is 5.67. The van der Waals surface area contributed by atoms with Crippen molar-refractivity contribution in [1.29, 1.82) is 5.26 Å². The lowest BCUT2D eigenvalue weighted by Gasteiger charge is -2.03. The minimum absolute atomic E-state index is 0.184. The largest absolute Gasteiger partial charge is 0.197 e. The highest BCUT2D eigenvalue weighted by Crippen LogP contribution is 2.17. The summed E-state index contributed by atoms with van der Waals surface area (Å²) in [4.78, 5) is 0. The zero-order chi connectivity index (χ0) is 11.9. The molecule has 0 aliphatic rings. The van der Waals surface area contributed by atoms with Crippen molar-refractivity contribution in [2.45, 2.75) is 5.92 Å². The number of hydrogen-bond donors (Lipinski definition) is 0. The van der Waals surface area contributed by atoms with Crippen LogP contribution in [0.5, 0.6) is 0 Å². The summed E-state index contributed by atoms with van der Waals surface area (Å²) in [6.45, 7) is 0. The Hall–Kier alpha value is -2.33. The Kier molecular flexibility index (Phi) is 3.72. The summed E-state index contributed by atoms with van der Waals surface area (Å²) >= 11 is 0. The lowest BCUT2D eigenvalue weighted by Crippen LogP contribution is -1.90. The minimum Gasteiger partial charge on any atom is -0.197 e. The van der Waals surface area contributed by atoms with E-state index >= 15 is 0 Å². The van der Waals surface area contributed by atoms with Crippen molar-refractivity contribution in [3.63, 3.8) is 0 Å². The molecule has 0 spiro atoms. The first kappa shape index (κ1) is 11.2. The number of rotatable bonds is 3. The van der Waals surface area contributed by atoms with Gasteiger partial charge in [-0.2, -0.15) is 5.26 Å². The van der Waals surface area contributed by atoms with E-state index in [1.807, 2.05) is 72.8 Å². The van der Waals surface area contributed by atoms with E-state index in [4.69, 9.17) is 5.26 Å². The van der Waals surface area contributed by atoms with E-state index in [1.165, 1.54) is 0 Å². The van der Waals surface area contributed by atoms with Crippen LogP contribution in [0.15, 0.2) is 66.7 Å². The van der Waals surface area contributed by atoms with Gasteiger partial charge in [-0.1, -0.05) is 72.8 Å². The van der Waals surface area contributed by atoms with Crippen molar-refractivity contribution >= 4 is 6.08 Å². The van der Waals surface area contributed by atoms with Crippen LogP contribution in [0.3, 0.4) is 0 Å². The molecule has 0 aromatic heterocycles. The van der Waals surface area contributed by atoms with Gasteiger partial charge in [0.15, 0.2) is 0 Å². The van der Waals surface area contributed by atoms with Crippen LogP contribution in [0.4, 0.5) is 0 Å². The highest BCUT2D eigenvalue weighted by Gasteiger charge is 2.04. The van der Waals surface area contributed by atoms with E-state index < -0.39 is 0 Å². The van der Waals surface area contributed by atoms with E-state index in [2.05, 4.69) is 6.07 Å². The van der Waals surface area contributed by atoms with Crippen molar-refractivity contribution < 1.29 is 0 Å². The Morgan fingerprint density at radius 1 is 0.882 bits per heavy atom. The average molecular weight is 219 g/mol. The molecule has 1 atom stereocenters. The van der Waals surface area contributed by atoms with E-state index in [0.29, 0.717) is 0 Å². The van der Waals surface area contributed by atoms with Gasteiger partial charge in [-0.25, -0.2) is 0 Å². The normalized spacial score (nSPS) is 12.2. The molecule has 0 aliphatic heterocycles. The maximum Gasteiger partial charge on any atom is 0.0896 e. The van der Waals surface area contributed by atoms with Crippen molar-refractivity contribution in [2.24, 2.45) is 0 Å². The van der Waals surface area contributed by atoms with Gasteiger partial charge in [0, 0.05) is 0 Å². The quantitative estimate of drug-likeness (QED) is 0.765. The van der Waals surface area contributed by atoms with Gasteiger partial charge in [0.1, 0.15) is 0 Å². The topological polar surface area (TPSA) is 23.8 Å². The number of nitrogens with zero attached hydrogens (tertiary/aromatic N) is 1. The second-order valence-corrected chi connectivity index (χ2v) is 3.79. The molecule has 2 rings (SSSR count). The zero-order valence-corrected chi connectivity index (χ0v) is 9.45. The molecule has 17 heavy (non-hydrogen) atoms. The van der Waals surface area contributed by atoms with Crippen LogP contribution in [-0.4, -0.2) is 0 Å². The number of benzene rings is 2. The van der Waals surface area contributed by atoms with E-state index in [-0.39, 0.29) is 5.92 Å². The molecule has 2 aromatic rings. The van der Waals surface area contributed by atoms with Crippen LogP contribution in [0, 0.1) is 11.3 Å². The fraction of sp³-hybridized carbons (Fsp3) is 0.0625. The molecule has 1 heteroatoms. The van der Waals surface area contributed by atoms with Gasteiger partial charge < -0.3 is 0 Å². The molecule has 0 saturated heterocycles. The molecule has 0 amide bonds. The third kappa shape index (κ3) is 3.06. The van der Waals surface area contributed by atoms with Crippen molar-refractivity contribution in [1.82, 2.24) is 0 Å². The lowest BCUT2D eigenvalue weighted by molar-refractivity contribution is 1.10. The van der Waals surface area contributed by atoms with Crippen molar-refractivity contribution in [3.8, 4) is 6.07 Å². The predicted octanol–water partition coefficient (Wildman–Crippen LogP) is 4.01. The fourth-order valence-corrected chi connectivity index (χ4v) is 1.66. The summed E-state index contributed by atoms with van der Waals surface area (Å²) < 4.78 is 0. The van der Waals surface area contributed by atoms with Gasteiger partial charge in [-0.05, 0) is 11.1 Å². The molecule has 2 aromatic carbocycles. The van der Waals surface area contributed by atoms with Gasteiger partial charge in [-0.3, -0.25) is 0 Å². The Labute approximate surface area is 102 Å². The second-order valence-electron chi connectivity index (χ2n) is 3.79. The fourth-order valence-electron chi connectivity index (χ4n) is 1.66. The Bertz CT molecular complexity index is 520. The van der Waals surface area contributed by atoms with E-state index in [0.717, 1.165) is 11.1 Å². The predicted molar refractivity (Wildman–Crippen MR) is 70.3 cm³/mol. The summed E-state index contributed by atoms with van der Waals surface area (Å²) in [6, 6.07) is 22.1. The third-order valence-corrected chi connectivity index (χ3v) is 2.58. The van der Waals surface area contributed by atoms with Crippen LogP contribution in [0.2, 0.25) is 0 Å². The van der Waals surface area contributed by atoms with Gasteiger partial charge in [0.2, 0.25) is 0 Å². The molecule has 0 bridgehead atoms. The first-order valence-corrected chi connectivity index (χ1v) is 5.58. The maximum atomic E-state index is 9.16. The molecular formula is C16H13N. The van der Waals surface area contributed by atoms with Crippen LogP contribution < -0.4 is 0 Å². The van der Waals surface area contributed by atoms with E-state index in [9.17, 15) is 0 Å². The Balaban J connectivity index is 2.17. The number of hydrogen-bond acceptors (Lipinski definition) is 1. The molecule has 82 valence electrons. The Morgan fingerprint density at radius 3 is 2.06 bits per heavy atom. The molecule has 0 radical (unpaired) electrons. The van der Waals surface area contributed by atoms with Crippen LogP contribution in [0.25, 0.3) is 6.08 Å². The van der Waals surface area contributed by atoms with Gasteiger partial charge in [0.25, 0.3) is 0 Å².